The van der Waals surface area contributed by atoms with Crippen molar-refractivity contribution >= 4 is 21.8 Å². The Morgan fingerprint density at radius 3 is 2.67 bits per heavy atom. The lowest BCUT2D eigenvalue weighted by Crippen LogP contribution is -2.20. The zero-order valence-corrected chi connectivity index (χ0v) is 9.30. The van der Waals surface area contributed by atoms with Crippen molar-refractivity contribution < 1.29 is 17.4 Å². The summed E-state index contributed by atoms with van der Waals surface area (Å²) in [4.78, 5) is 0. The Hall–Kier alpha value is -0.650. The van der Waals surface area contributed by atoms with Crippen molar-refractivity contribution in [1.82, 2.24) is 0 Å². The minimum absolute atomic E-state index is 0.0592. The number of aliphatic hydroxyl groups is 1. The highest BCUT2D eigenvalue weighted by atomic mass is 35.5. The maximum Gasteiger partial charge on any atom is 0.304 e. The molecule has 0 saturated heterocycles. The summed E-state index contributed by atoms with van der Waals surface area (Å²) in [6, 6.07) is 6.60. The number of hydrogen-bond acceptors (Lipinski definition) is 3. The number of halogens is 2. The Kier molecular flexibility index (Phi) is 4.07. The van der Waals surface area contributed by atoms with Crippen LogP contribution in [0.5, 0.6) is 0 Å². The fourth-order valence-electron chi connectivity index (χ4n) is 1.22. The third-order valence-corrected chi connectivity index (χ3v) is 2.77. The van der Waals surface area contributed by atoms with Gasteiger partial charge >= 0.3 is 10.2 Å². The van der Waals surface area contributed by atoms with Crippen LogP contribution in [0.1, 0.15) is 5.56 Å². The van der Waals surface area contributed by atoms with Gasteiger partial charge in [-0.15, -0.1) is 3.89 Å². The maximum absolute atomic E-state index is 12.2. The summed E-state index contributed by atoms with van der Waals surface area (Å²) in [5.74, 6) is -0.889. The average molecular weight is 253 g/mol. The molecule has 1 rings (SSSR count). The Labute approximate surface area is 92.7 Å². The summed E-state index contributed by atoms with van der Waals surface area (Å²) in [6.07, 6.45) is -1.19. The molecule has 0 aliphatic rings. The van der Waals surface area contributed by atoms with Crippen LogP contribution < -0.4 is 0 Å². The molecule has 0 spiro atoms. The molecule has 0 fully saturated rings. The number of hydrogen-bond donors (Lipinski definition) is 1. The summed E-state index contributed by atoms with van der Waals surface area (Å²) in [7, 11) is -4.64. The zero-order chi connectivity index (χ0) is 11.5. The quantitative estimate of drug-likeness (QED) is 0.827. The van der Waals surface area contributed by atoms with Crippen molar-refractivity contribution in [3.05, 3.63) is 34.9 Å². The lowest BCUT2D eigenvalue weighted by molar-refractivity contribution is 0.196. The molecule has 1 N–H and O–H groups in total. The van der Waals surface area contributed by atoms with Gasteiger partial charge in [0.2, 0.25) is 0 Å². The molecule has 0 aromatic heterocycles. The summed E-state index contributed by atoms with van der Waals surface area (Å²) in [5.41, 5.74) is 0.665. The molecule has 1 aromatic rings. The first-order valence-electron chi connectivity index (χ1n) is 4.21. The topological polar surface area (TPSA) is 54.4 Å². The number of aliphatic hydroxyl groups excluding tert-OH is 1. The van der Waals surface area contributed by atoms with Gasteiger partial charge in [0.15, 0.2) is 0 Å². The first kappa shape index (κ1) is 12.4. The smallest absolute Gasteiger partial charge is 0.304 e. The van der Waals surface area contributed by atoms with Crippen LogP contribution in [0.2, 0.25) is 5.02 Å². The zero-order valence-electron chi connectivity index (χ0n) is 7.73. The number of rotatable bonds is 4. The first-order valence-corrected chi connectivity index (χ1v) is 6.15. The van der Waals surface area contributed by atoms with Gasteiger partial charge in [-0.05, 0) is 24.1 Å². The van der Waals surface area contributed by atoms with Gasteiger partial charge in [0.25, 0.3) is 0 Å². The van der Waals surface area contributed by atoms with Crippen LogP contribution in [-0.2, 0) is 16.6 Å². The second-order valence-electron chi connectivity index (χ2n) is 3.19. The molecule has 1 unspecified atom stereocenters. The largest absolute Gasteiger partial charge is 0.392 e. The lowest BCUT2D eigenvalue weighted by Gasteiger charge is -2.07. The lowest BCUT2D eigenvalue weighted by atomic mass is 10.1. The van der Waals surface area contributed by atoms with E-state index in [9.17, 15) is 17.4 Å². The van der Waals surface area contributed by atoms with E-state index < -0.39 is 22.1 Å². The van der Waals surface area contributed by atoms with E-state index in [1.165, 1.54) is 0 Å². The van der Waals surface area contributed by atoms with Crippen LogP contribution in [0.15, 0.2) is 24.3 Å². The molecule has 0 saturated carbocycles. The van der Waals surface area contributed by atoms with E-state index in [1.807, 2.05) is 0 Å². The third-order valence-electron chi connectivity index (χ3n) is 1.75. The standard InChI is InChI=1S/C9H10ClFO3S/c10-8-3-1-2-7(4-8)5-9(12)6-15(11,13)14/h1-4,9,12H,5-6H2. The van der Waals surface area contributed by atoms with Crippen LogP contribution >= 0.6 is 11.6 Å². The normalized spacial score (nSPS) is 13.8. The second-order valence-corrected chi connectivity index (χ2v) is 5.04. The average Bonchev–Trinajstić information content (AvgIpc) is 1.99. The highest BCUT2D eigenvalue weighted by Crippen LogP contribution is 2.13. The van der Waals surface area contributed by atoms with E-state index in [0.717, 1.165) is 0 Å². The molecule has 0 bridgehead atoms. The molecule has 6 heteroatoms. The fourth-order valence-corrected chi connectivity index (χ4v) is 2.02. The van der Waals surface area contributed by atoms with Gasteiger partial charge in [-0.3, -0.25) is 0 Å². The second kappa shape index (κ2) is 4.92. The molecule has 0 heterocycles. The highest BCUT2D eigenvalue weighted by Gasteiger charge is 2.16. The van der Waals surface area contributed by atoms with Crippen molar-refractivity contribution in [2.75, 3.05) is 5.75 Å². The van der Waals surface area contributed by atoms with Gasteiger partial charge in [0.1, 0.15) is 5.75 Å². The molecule has 15 heavy (non-hydrogen) atoms. The molecule has 0 aliphatic carbocycles. The molecular weight excluding hydrogens is 243 g/mol. The SMILES string of the molecule is O=S(=O)(F)CC(O)Cc1cccc(Cl)c1. The van der Waals surface area contributed by atoms with E-state index in [4.69, 9.17) is 11.6 Å². The van der Waals surface area contributed by atoms with E-state index in [-0.39, 0.29) is 6.42 Å². The van der Waals surface area contributed by atoms with Crippen molar-refractivity contribution in [1.29, 1.82) is 0 Å². The van der Waals surface area contributed by atoms with Gasteiger partial charge < -0.3 is 5.11 Å². The number of benzene rings is 1. The maximum atomic E-state index is 12.2. The Bertz CT molecular complexity index is 433. The van der Waals surface area contributed by atoms with Gasteiger partial charge in [-0.1, -0.05) is 23.7 Å². The predicted octanol–water partition coefficient (Wildman–Crippen LogP) is 1.54. The van der Waals surface area contributed by atoms with Crippen LogP contribution in [0.25, 0.3) is 0 Å². The van der Waals surface area contributed by atoms with Gasteiger partial charge in [0.05, 0.1) is 6.10 Å². The Balaban J connectivity index is 2.63. The van der Waals surface area contributed by atoms with Crippen molar-refractivity contribution in [2.45, 2.75) is 12.5 Å². The fraction of sp³-hybridized carbons (Fsp3) is 0.333. The van der Waals surface area contributed by atoms with E-state index in [2.05, 4.69) is 0 Å². The van der Waals surface area contributed by atoms with E-state index in [1.54, 1.807) is 24.3 Å². The van der Waals surface area contributed by atoms with E-state index >= 15 is 0 Å². The molecule has 84 valence electrons. The monoisotopic (exact) mass is 252 g/mol. The molecule has 1 atom stereocenters. The van der Waals surface area contributed by atoms with Crippen molar-refractivity contribution in [3.63, 3.8) is 0 Å². The Morgan fingerprint density at radius 2 is 2.13 bits per heavy atom. The minimum Gasteiger partial charge on any atom is -0.392 e. The molecule has 0 radical (unpaired) electrons. The molecule has 0 amide bonds. The van der Waals surface area contributed by atoms with Crippen LogP contribution in [-0.4, -0.2) is 25.4 Å². The first-order chi connectivity index (χ1) is 6.87. The third kappa shape index (κ3) is 5.11. The molecule has 1 aromatic carbocycles. The minimum atomic E-state index is -4.64. The van der Waals surface area contributed by atoms with Crippen LogP contribution in [0.3, 0.4) is 0 Å². The Morgan fingerprint density at radius 1 is 1.47 bits per heavy atom. The summed E-state index contributed by atoms with van der Waals surface area (Å²) >= 11 is 5.69. The molecule has 3 nitrogen and oxygen atoms in total. The van der Waals surface area contributed by atoms with Crippen LogP contribution in [0.4, 0.5) is 3.89 Å². The summed E-state index contributed by atoms with van der Waals surface area (Å²) in [6.45, 7) is 0. The van der Waals surface area contributed by atoms with E-state index in [0.29, 0.717) is 10.6 Å². The summed E-state index contributed by atoms with van der Waals surface area (Å²) < 4.78 is 32.7. The molecule has 0 aliphatic heterocycles. The van der Waals surface area contributed by atoms with Gasteiger partial charge in [-0.2, -0.15) is 8.42 Å². The molecular formula is C9H10ClFO3S. The van der Waals surface area contributed by atoms with Crippen LogP contribution in [0, 0.1) is 0 Å². The van der Waals surface area contributed by atoms with Crippen molar-refractivity contribution in [2.24, 2.45) is 0 Å². The highest BCUT2D eigenvalue weighted by molar-refractivity contribution is 7.86. The summed E-state index contributed by atoms with van der Waals surface area (Å²) in [5, 5.41) is 9.76. The van der Waals surface area contributed by atoms with Gasteiger partial charge in [-0.25, -0.2) is 0 Å². The van der Waals surface area contributed by atoms with Gasteiger partial charge in [0, 0.05) is 5.02 Å². The predicted molar refractivity (Wildman–Crippen MR) is 56.1 cm³/mol. The van der Waals surface area contributed by atoms with Crippen molar-refractivity contribution in [3.8, 4) is 0 Å².